The Morgan fingerprint density at radius 2 is 2.09 bits per heavy atom. The van der Waals surface area contributed by atoms with Crippen molar-refractivity contribution in [3.63, 3.8) is 0 Å². The lowest BCUT2D eigenvalue weighted by Crippen LogP contribution is -2.28. The molecule has 22 heavy (non-hydrogen) atoms. The first-order chi connectivity index (χ1) is 10.5. The molecule has 6 nitrogen and oxygen atoms in total. The molecule has 0 spiro atoms. The largest absolute Gasteiger partial charge is 0.368 e. The van der Waals surface area contributed by atoms with Crippen molar-refractivity contribution in [3.05, 3.63) is 41.0 Å². The molecule has 0 radical (unpaired) electrons. The molecular weight excluding hydrogens is 302 g/mol. The number of amides is 1. The lowest BCUT2D eigenvalue weighted by atomic mass is 10.2. The molecule has 1 atom stereocenters. The molecule has 1 saturated heterocycles. The minimum Gasteiger partial charge on any atom is -0.368 e. The SMILES string of the molecule is Cc1cnc(N)nc1N[C@H]1CC(=O)N(c2ccc(Cl)cc2)C1. The maximum absolute atomic E-state index is 12.2. The molecule has 7 heteroatoms. The van der Waals surface area contributed by atoms with Gasteiger partial charge in [-0.05, 0) is 31.2 Å². The van der Waals surface area contributed by atoms with Gasteiger partial charge in [0.1, 0.15) is 5.82 Å². The van der Waals surface area contributed by atoms with Crippen molar-refractivity contribution < 1.29 is 4.79 Å². The van der Waals surface area contributed by atoms with E-state index in [1.165, 1.54) is 0 Å². The molecule has 1 aliphatic rings. The molecule has 1 aliphatic heterocycles. The Kier molecular flexibility index (Phi) is 3.85. The fourth-order valence-corrected chi connectivity index (χ4v) is 2.60. The Bertz CT molecular complexity index is 704. The first-order valence-electron chi connectivity index (χ1n) is 6.94. The van der Waals surface area contributed by atoms with Crippen molar-refractivity contribution in [1.82, 2.24) is 9.97 Å². The van der Waals surface area contributed by atoms with Crippen LogP contribution in [-0.2, 0) is 4.79 Å². The number of nitrogens with one attached hydrogen (secondary N) is 1. The monoisotopic (exact) mass is 317 g/mol. The topological polar surface area (TPSA) is 84.1 Å². The van der Waals surface area contributed by atoms with Crippen LogP contribution < -0.4 is 16.0 Å². The molecule has 3 N–H and O–H groups in total. The number of nitrogen functional groups attached to an aromatic ring is 1. The zero-order valence-corrected chi connectivity index (χ0v) is 12.8. The maximum atomic E-state index is 12.2. The Morgan fingerprint density at radius 3 is 2.82 bits per heavy atom. The summed E-state index contributed by atoms with van der Waals surface area (Å²) in [4.78, 5) is 22.1. The van der Waals surface area contributed by atoms with Crippen LogP contribution in [0.2, 0.25) is 5.02 Å². The summed E-state index contributed by atoms with van der Waals surface area (Å²) in [5.74, 6) is 0.953. The third-order valence-corrected chi connectivity index (χ3v) is 3.85. The van der Waals surface area contributed by atoms with Crippen LogP contribution in [0.4, 0.5) is 17.5 Å². The fourth-order valence-electron chi connectivity index (χ4n) is 2.47. The van der Waals surface area contributed by atoms with Gasteiger partial charge in [-0.25, -0.2) is 4.98 Å². The predicted octanol–water partition coefficient (Wildman–Crippen LogP) is 2.24. The van der Waals surface area contributed by atoms with Crippen LogP contribution in [0, 0.1) is 6.92 Å². The van der Waals surface area contributed by atoms with E-state index in [-0.39, 0.29) is 17.9 Å². The molecule has 1 aromatic heterocycles. The fraction of sp³-hybridized carbons (Fsp3) is 0.267. The number of carbonyl (C=O) groups excluding carboxylic acids is 1. The summed E-state index contributed by atoms with van der Waals surface area (Å²) in [5.41, 5.74) is 7.35. The average Bonchev–Trinajstić information content (AvgIpc) is 2.84. The Morgan fingerprint density at radius 1 is 1.36 bits per heavy atom. The lowest BCUT2D eigenvalue weighted by molar-refractivity contribution is -0.117. The van der Waals surface area contributed by atoms with E-state index in [9.17, 15) is 4.79 Å². The third-order valence-electron chi connectivity index (χ3n) is 3.59. The van der Waals surface area contributed by atoms with Crippen molar-refractivity contribution in [2.45, 2.75) is 19.4 Å². The number of halogens is 1. The van der Waals surface area contributed by atoms with Crippen LogP contribution in [0.25, 0.3) is 0 Å². The van der Waals surface area contributed by atoms with E-state index in [0.717, 1.165) is 11.3 Å². The van der Waals surface area contributed by atoms with Crippen LogP contribution >= 0.6 is 11.6 Å². The van der Waals surface area contributed by atoms with Crippen LogP contribution in [0.1, 0.15) is 12.0 Å². The third kappa shape index (κ3) is 2.96. The summed E-state index contributed by atoms with van der Waals surface area (Å²) in [6.45, 7) is 2.47. The number of nitrogens with zero attached hydrogens (tertiary/aromatic N) is 3. The molecular formula is C15H16ClN5O. The highest BCUT2D eigenvalue weighted by molar-refractivity contribution is 6.30. The molecule has 1 fully saturated rings. The van der Waals surface area contributed by atoms with E-state index in [0.29, 0.717) is 23.8 Å². The normalized spacial score (nSPS) is 17.8. The minimum atomic E-state index is -0.0174. The highest BCUT2D eigenvalue weighted by Crippen LogP contribution is 2.25. The summed E-state index contributed by atoms with van der Waals surface area (Å²) >= 11 is 5.88. The summed E-state index contributed by atoms with van der Waals surface area (Å²) in [7, 11) is 0. The quantitative estimate of drug-likeness (QED) is 0.907. The van der Waals surface area contributed by atoms with Crippen molar-refractivity contribution in [3.8, 4) is 0 Å². The van der Waals surface area contributed by atoms with Gasteiger partial charge in [0, 0.05) is 35.4 Å². The minimum absolute atomic E-state index is 0.0174. The van der Waals surface area contributed by atoms with Gasteiger partial charge in [0.25, 0.3) is 0 Å². The van der Waals surface area contributed by atoms with Gasteiger partial charge in [0.05, 0.1) is 6.04 Å². The summed E-state index contributed by atoms with van der Waals surface area (Å²) < 4.78 is 0. The zero-order valence-electron chi connectivity index (χ0n) is 12.1. The molecule has 3 rings (SSSR count). The van der Waals surface area contributed by atoms with E-state index in [1.807, 2.05) is 19.1 Å². The second kappa shape index (κ2) is 5.81. The molecule has 1 amide bonds. The smallest absolute Gasteiger partial charge is 0.229 e. The number of anilines is 3. The average molecular weight is 318 g/mol. The van der Waals surface area contributed by atoms with E-state index < -0.39 is 0 Å². The molecule has 1 aromatic carbocycles. The van der Waals surface area contributed by atoms with Gasteiger partial charge in [-0.1, -0.05) is 11.6 Å². The number of benzene rings is 1. The summed E-state index contributed by atoms with van der Waals surface area (Å²) in [6, 6.07) is 7.23. The summed E-state index contributed by atoms with van der Waals surface area (Å²) in [6.07, 6.45) is 2.07. The van der Waals surface area contributed by atoms with Gasteiger partial charge in [-0.2, -0.15) is 4.98 Å². The number of hydrogen-bond acceptors (Lipinski definition) is 5. The van der Waals surface area contributed by atoms with Gasteiger partial charge < -0.3 is 16.0 Å². The molecule has 114 valence electrons. The van der Waals surface area contributed by atoms with Gasteiger partial charge in [-0.15, -0.1) is 0 Å². The van der Waals surface area contributed by atoms with Crippen molar-refractivity contribution >= 4 is 35.0 Å². The van der Waals surface area contributed by atoms with Gasteiger partial charge >= 0.3 is 0 Å². The number of carbonyl (C=O) groups is 1. The Balaban J connectivity index is 1.74. The lowest BCUT2D eigenvalue weighted by Gasteiger charge is -2.18. The molecule has 0 saturated carbocycles. The predicted molar refractivity (Wildman–Crippen MR) is 87.0 cm³/mol. The number of aromatic nitrogens is 2. The Labute approximate surface area is 133 Å². The van der Waals surface area contributed by atoms with Crippen molar-refractivity contribution in [2.24, 2.45) is 0 Å². The van der Waals surface area contributed by atoms with E-state index in [4.69, 9.17) is 17.3 Å². The molecule has 0 bridgehead atoms. The van der Waals surface area contributed by atoms with E-state index in [1.54, 1.807) is 23.2 Å². The van der Waals surface area contributed by atoms with Crippen LogP contribution in [0.5, 0.6) is 0 Å². The second-order valence-electron chi connectivity index (χ2n) is 5.29. The maximum Gasteiger partial charge on any atom is 0.229 e. The number of aryl methyl sites for hydroxylation is 1. The Hall–Kier alpha value is -2.34. The summed E-state index contributed by atoms with van der Waals surface area (Å²) in [5, 5.41) is 3.92. The zero-order chi connectivity index (χ0) is 15.7. The van der Waals surface area contributed by atoms with Crippen LogP contribution in [-0.4, -0.2) is 28.5 Å². The van der Waals surface area contributed by atoms with Crippen molar-refractivity contribution in [1.29, 1.82) is 0 Å². The number of hydrogen-bond donors (Lipinski definition) is 2. The molecule has 2 heterocycles. The van der Waals surface area contributed by atoms with Gasteiger partial charge in [0.15, 0.2) is 0 Å². The highest BCUT2D eigenvalue weighted by atomic mass is 35.5. The van der Waals surface area contributed by atoms with Crippen LogP contribution in [0.3, 0.4) is 0 Å². The van der Waals surface area contributed by atoms with E-state index >= 15 is 0 Å². The van der Waals surface area contributed by atoms with E-state index in [2.05, 4.69) is 15.3 Å². The number of nitrogens with two attached hydrogens (primary N) is 1. The molecule has 0 aliphatic carbocycles. The number of rotatable bonds is 3. The molecule has 0 unspecified atom stereocenters. The first-order valence-corrected chi connectivity index (χ1v) is 7.32. The highest BCUT2D eigenvalue weighted by Gasteiger charge is 2.31. The van der Waals surface area contributed by atoms with Crippen LogP contribution in [0.15, 0.2) is 30.5 Å². The molecule has 2 aromatic rings. The standard InChI is InChI=1S/C15H16ClN5O/c1-9-7-18-15(17)20-14(9)19-11-6-13(22)21(8-11)12-4-2-10(16)3-5-12/h2-5,7,11H,6,8H2,1H3,(H3,17,18,19,20)/t11-/m0/s1. The van der Waals surface area contributed by atoms with Gasteiger partial charge in [0.2, 0.25) is 11.9 Å². The van der Waals surface area contributed by atoms with Gasteiger partial charge in [-0.3, -0.25) is 4.79 Å². The van der Waals surface area contributed by atoms with Crippen molar-refractivity contribution in [2.75, 3.05) is 22.5 Å². The second-order valence-corrected chi connectivity index (χ2v) is 5.72. The first kappa shape index (κ1) is 14.6.